The van der Waals surface area contributed by atoms with E-state index in [9.17, 15) is 4.79 Å². The van der Waals surface area contributed by atoms with Gasteiger partial charge in [0.1, 0.15) is 11.7 Å². The molecular weight excluding hydrogens is 560 g/mol. The zero-order valence-corrected chi connectivity index (χ0v) is 25.2. The Kier molecular flexibility index (Phi) is 7.12. The van der Waals surface area contributed by atoms with Crippen molar-refractivity contribution in [3.63, 3.8) is 0 Å². The van der Waals surface area contributed by atoms with Crippen LogP contribution in [0, 0.1) is 24.7 Å². The molecule has 0 N–H and O–H groups in total. The number of ether oxygens (including phenoxy) is 3. The van der Waals surface area contributed by atoms with E-state index in [0.717, 1.165) is 28.7 Å². The number of hydrogen-bond acceptors (Lipinski definition) is 5. The van der Waals surface area contributed by atoms with Gasteiger partial charge in [-0.05, 0) is 35.6 Å². The molecule has 0 saturated heterocycles. The molecule has 2 heterocycles. The van der Waals surface area contributed by atoms with Gasteiger partial charge in [-0.15, -0.1) is 0 Å². The summed E-state index contributed by atoms with van der Waals surface area (Å²) in [7, 11) is 0. The Labute approximate surface area is 263 Å². The van der Waals surface area contributed by atoms with Crippen molar-refractivity contribution in [1.29, 1.82) is 0 Å². The standard InChI is InChI=1S/C39H36N2O4/c1-26-23-41-34-32-22-31(36(34)45-38(41)40-37(26)42)33(35(32)43-24-27-14-6-2-7-15-27)25-44-39(28-16-8-3-9-17-28,29-18-10-4-11-19-29)30-20-12-5-13-21-30/h2-21,23,31-36H,22,24-25H2,1H3/t31-,32-,33-,34-,35-,36-/m1/s1. The van der Waals surface area contributed by atoms with Crippen LogP contribution in [-0.2, 0) is 21.7 Å². The third-order valence-electron chi connectivity index (χ3n) is 10.1. The van der Waals surface area contributed by atoms with Crippen LogP contribution in [0.15, 0.2) is 132 Å². The minimum Gasteiger partial charge on any atom is -0.459 e. The normalized spacial score (nSPS) is 24.6. The average molecular weight is 597 g/mol. The SMILES string of the molecule is Cc1cn2c(nc1=O)O[C@@H]1[C@@H]3C[C@@H]([C@@H](OCc4ccccc4)[C@@H]3COC(c3ccccc3)(c3ccccc3)c3ccccc3)[C@H]12. The third kappa shape index (κ3) is 4.71. The maximum absolute atomic E-state index is 12.4. The number of rotatable bonds is 9. The molecule has 2 bridgehead atoms. The minimum absolute atomic E-state index is 0.0502. The smallest absolute Gasteiger partial charge is 0.300 e. The minimum atomic E-state index is -0.820. The van der Waals surface area contributed by atoms with Crippen LogP contribution < -0.4 is 10.3 Å². The number of benzene rings is 4. The first-order valence-corrected chi connectivity index (χ1v) is 15.9. The highest BCUT2D eigenvalue weighted by atomic mass is 16.5. The summed E-state index contributed by atoms with van der Waals surface area (Å²) in [6, 6.07) is 42.4. The molecule has 0 radical (unpaired) electrons. The Morgan fingerprint density at radius 3 is 1.93 bits per heavy atom. The molecule has 4 aromatic carbocycles. The number of aromatic nitrogens is 2. The molecule has 0 spiro atoms. The summed E-state index contributed by atoms with van der Waals surface area (Å²) in [5, 5.41) is 0. The van der Waals surface area contributed by atoms with Gasteiger partial charge in [-0.2, -0.15) is 4.98 Å². The zero-order valence-electron chi connectivity index (χ0n) is 25.2. The Morgan fingerprint density at radius 2 is 1.36 bits per heavy atom. The van der Waals surface area contributed by atoms with Crippen molar-refractivity contribution >= 4 is 0 Å². The van der Waals surface area contributed by atoms with Crippen LogP contribution in [0.4, 0.5) is 0 Å². The van der Waals surface area contributed by atoms with Gasteiger partial charge in [0.2, 0.25) is 0 Å². The monoisotopic (exact) mass is 596 g/mol. The lowest BCUT2D eigenvalue weighted by Gasteiger charge is -2.41. The molecule has 45 heavy (non-hydrogen) atoms. The van der Waals surface area contributed by atoms with Crippen LogP contribution in [-0.4, -0.2) is 28.4 Å². The summed E-state index contributed by atoms with van der Waals surface area (Å²) in [5.41, 5.74) is 3.95. The summed E-state index contributed by atoms with van der Waals surface area (Å²) in [6.07, 6.45) is 2.77. The van der Waals surface area contributed by atoms with E-state index in [1.54, 1.807) is 0 Å². The Hall–Kier alpha value is -4.52. The molecule has 2 aliphatic carbocycles. The van der Waals surface area contributed by atoms with E-state index in [1.807, 2.05) is 37.4 Å². The van der Waals surface area contributed by atoms with Crippen LogP contribution >= 0.6 is 0 Å². The first-order valence-electron chi connectivity index (χ1n) is 15.9. The fourth-order valence-electron chi connectivity index (χ4n) is 8.11. The van der Waals surface area contributed by atoms with Crippen LogP contribution in [0.3, 0.4) is 0 Å². The van der Waals surface area contributed by atoms with E-state index in [0.29, 0.717) is 24.8 Å². The molecule has 6 heteroatoms. The third-order valence-corrected chi connectivity index (χ3v) is 10.1. The van der Waals surface area contributed by atoms with Gasteiger partial charge in [-0.3, -0.25) is 9.36 Å². The quantitative estimate of drug-likeness (QED) is 0.177. The van der Waals surface area contributed by atoms with Gasteiger partial charge in [0, 0.05) is 29.5 Å². The van der Waals surface area contributed by atoms with Crippen LogP contribution in [0.5, 0.6) is 6.01 Å². The van der Waals surface area contributed by atoms with E-state index in [1.165, 1.54) is 0 Å². The van der Waals surface area contributed by atoms with E-state index in [4.69, 9.17) is 14.2 Å². The van der Waals surface area contributed by atoms with Gasteiger partial charge in [0.05, 0.1) is 25.4 Å². The average Bonchev–Trinajstić information content (AvgIpc) is 3.75. The van der Waals surface area contributed by atoms with E-state index in [2.05, 4.69) is 107 Å². The predicted molar refractivity (Wildman–Crippen MR) is 172 cm³/mol. The highest BCUT2D eigenvalue weighted by Gasteiger charge is 2.63. The first-order chi connectivity index (χ1) is 22.1. The summed E-state index contributed by atoms with van der Waals surface area (Å²) < 4.78 is 22.8. The molecule has 0 unspecified atom stereocenters. The van der Waals surface area contributed by atoms with Crippen molar-refractivity contribution in [2.75, 3.05) is 6.61 Å². The van der Waals surface area contributed by atoms with Crippen LogP contribution in [0.25, 0.3) is 0 Å². The highest BCUT2D eigenvalue weighted by molar-refractivity contribution is 5.47. The van der Waals surface area contributed by atoms with Gasteiger partial charge >= 0.3 is 0 Å². The molecule has 8 rings (SSSR count). The Morgan fingerprint density at radius 1 is 0.800 bits per heavy atom. The molecule has 5 aromatic rings. The lowest BCUT2D eigenvalue weighted by atomic mass is 9.79. The maximum atomic E-state index is 12.4. The van der Waals surface area contributed by atoms with Gasteiger partial charge in [0.15, 0.2) is 0 Å². The molecule has 2 saturated carbocycles. The van der Waals surface area contributed by atoms with Gasteiger partial charge in [-0.1, -0.05) is 121 Å². The van der Waals surface area contributed by atoms with Gasteiger partial charge < -0.3 is 14.2 Å². The second-order valence-corrected chi connectivity index (χ2v) is 12.6. The fraction of sp³-hybridized carbons (Fsp3) is 0.282. The summed E-state index contributed by atoms with van der Waals surface area (Å²) in [5.74, 6) is 0.484. The van der Waals surface area contributed by atoms with Crippen molar-refractivity contribution < 1.29 is 14.2 Å². The Bertz CT molecular complexity index is 1730. The topological polar surface area (TPSA) is 62.6 Å². The van der Waals surface area contributed by atoms with Crippen molar-refractivity contribution in [2.24, 2.45) is 17.8 Å². The molecule has 2 fully saturated rings. The second-order valence-electron chi connectivity index (χ2n) is 12.6. The largest absolute Gasteiger partial charge is 0.459 e. The number of aryl methyl sites for hydroxylation is 1. The molecule has 6 atom stereocenters. The van der Waals surface area contributed by atoms with E-state index < -0.39 is 5.60 Å². The zero-order chi connectivity index (χ0) is 30.4. The van der Waals surface area contributed by atoms with Crippen molar-refractivity contribution in [1.82, 2.24) is 9.55 Å². The summed E-state index contributed by atoms with van der Waals surface area (Å²) in [6.45, 7) is 2.82. The molecule has 226 valence electrons. The predicted octanol–water partition coefficient (Wildman–Crippen LogP) is 6.71. The lowest BCUT2D eigenvalue weighted by molar-refractivity contribution is -0.104. The van der Waals surface area contributed by atoms with Crippen LogP contribution in [0.1, 0.15) is 40.3 Å². The van der Waals surface area contributed by atoms with E-state index >= 15 is 0 Å². The van der Waals surface area contributed by atoms with E-state index in [-0.39, 0.29) is 41.6 Å². The fourth-order valence-corrected chi connectivity index (χ4v) is 8.11. The molecule has 1 aliphatic heterocycles. The second kappa shape index (κ2) is 11.4. The molecule has 3 aliphatic rings. The lowest BCUT2D eigenvalue weighted by Crippen LogP contribution is -2.46. The molecule has 6 nitrogen and oxygen atoms in total. The van der Waals surface area contributed by atoms with Crippen molar-refractivity contribution in [2.45, 2.75) is 43.8 Å². The molecule has 1 aromatic heterocycles. The van der Waals surface area contributed by atoms with Crippen molar-refractivity contribution in [3.8, 4) is 6.01 Å². The highest BCUT2D eigenvalue weighted by Crippen LogP contribution is 2.59. The molecular formula is C39H36N2O4. The number of hydrogen-bond donors (Lipinski definition) is 0. The maximum Gasteiger partial charge on any atom is 0.300 e. The van der Waals surface area contributed by atoms with Crippen LogP contribution in [0.2, 0.25) is 0 Å². The number of nitrogens with zero attached hydrogens (tertiary/aromatic N) is 2. The van der Waals surface area contributed by atoms with Crippen molar-refractivity contribution in [3.05, 3.63) is 166 Å². The Balaban J connectivity index is 1.18. The molecule has 0 amide bonds. The summed E-state index contributed by atoms with van der Waals surface area (Å²) >= 11 is 0. The number of fused-ring (bicyclic) bond motifs is 7. The van der Waals surface area contributed by atoms with Gasteiger partial charge in [0.25, 0.3) is 11.6 Å². The summed E-state index contributed by atoms with van der Waals surface area (Å²) in [4.78, 5) is 16.7. The first kappa shape index (κ1) is 28.0. The van der Waals surface area contributed by atoms with Gasteiger partial charge in [-0.25, -0.2) is 0 Å².